The number of phosphoric ester groups is 1. The Bertz CT molecular complexity index is 983. The van der Waals surface area contributed by atoms with Crippen molar-refractivity contribution >= 4 is 19.8 Å². The average molecular weight is 773 g/mol. The van der Waals surface area contributed by atoms with Gasteiger partial charge in [-0.05, 0) is 44.9 Å². The number of hydrogen-bond acceptors (Lipinski definition) is 9. The topological polar surface area (TPSA) is 149 Å². The van der Waals surface area contributed by atoms with Crippen LogP contribution in [0.5, 0.6) is 0 Å². The molecular formula is C42H77O10P. The van der Waals surface area contributed by atoms with E-state index in [9.17, 15) is 24.2 Å². The molecule has 0 aliphatic heterocycles. The summed E-state index contributed by atoms with van der Waals surface area (Å²) in [6.07, 6.45) is 38.3. The fraction of sp³-hybridized carbons (Fsp3) is 0.810. The molecule has 0 aromatic rings. The van der Waals surface area contributed by atoms with Gasteiger partial charge in [0.1, 0.15) is 12.7 Å². The zero-order valence-corrected chi connectivity index (χ0v) is 34.4. The fourth-order valence-corrected chi connectivity index (χ4v) is 6.33. The molecule has 53 heavy (non-hydrogen) atoms. The normalized spacial score (nSPS) is 14.3. The smallest absolute Gasteiger partial charge is 0.462 e. The van der Waals surface area contributed by atoms with Gasteiger partial charge in [-0.1, -0.05) is 159 Å². The van der Waals surface area contributed by atoms with E-state index in [1.807, 2.05) is 6.08 Å². The second-order valence-electron chi connectivity index (χ2n) is 14.0. The summed E-state index contributed by atoms with van der Waals surface area (Å²) in [5, 5.41) is 18.3. The SMILES string of the molecule is CCCCCCCC/C=C/C/C=C/C/C=C/CCCC(=O)O[C@H](COC(=O)CCCCCCCCCCCCCCC)COP(=O)(O)OC[C@@H](O)CO. The highest BCUT2D eigenvalue weighted by atomic mass is 31.2. The van der Waals surface area contributed by atoms with Gasteiger partial charge in [0.25, 0.3) is 0 Å². The Morgan fingerprint density at radius 1 is 0.566 bits per heavy atom. The molecule has 310 valence electrons. The fourth-order valence-electron chi connectivity index (χ4n) is 5.54. The van der Waals surface area contributed by atoms with E-state index < -0.39 is 51.8 Å². The summed E-state index contributed by atoms with van der Waals surface area (Å²) in [6, 6.07) is 0. The average Bonchev–Trinajstić information content (AvgIpc) is 3.14. The molecule has 0 bridgehead atoms. The number of esters is 2. The number of ether oxygens (including phenoxy) is 2. The molecule has 0 heterocycles. The van der Waals surface area contributed by atoms with Crippen LogP contribution in [0.1, 0.15) is 181 Å². The molecule has 0 aromatic carbocycles. The number of allylic oxidation sites excluding steroid dienone is 6. The lowest BCUT2D eigenvalue weighted by molar-refractivity contribution is -0.161. The number of carbonyl (C=O) groups excluding carboxylic acids is 2. The number of carbonyl (C=O) groups is 2. The van der Waals surface area contributed by atoms with Crippen molar-refractivity contribution in [2.24, 2.45) is 0 Å². The Morgan fingerprint density at radius 3 is 1.53 bits per heavy atom. The van der Waals surface area contributed by atoms with E-state index in [1.165, 1.54) is 96.3 Å². The molecule has 0 amide bonds. The summed E-state index contributed by atoms with van der Waals surface area (Å²) in [4.78, 5) is 34.9. The van der Waals surface area contributed by atoms with Gasteiger partial charge in [-0.2, -0.15) is 0 Å². The number of rotatable bonds is 39. The molecule has 0 aliphatic rings. The molecule has 0 saturated heterocycles. The third-order valence-electron chi connectivity index (χ3n) is 8.80. The van der Waals surface area contributed by atoms with E-state index >= 15 is 0 Å². The zero-order chi connectivity index (χ0) is 39.1. The molecule has 0 rings (SSSR count). The third-order valence-corrected chi connectivity index (χ3v) is 9.75. The van der Waals surface area contributed by atoms with Crippen LogP contribution in [0.2, 0.25) is 0 Å². The van der Waals surface area contributed by atoms with E-state index in [2.05, 4.69) is 48.8 Å². The van der Waals surface area contributed by atoms with Crippen LogP contribution in [0.15, 0.2) is 36.5 Å². The lowest BCUT2D eigenvalue weighted by Gasteiger charge is -2.20. The monoisotopic (exact) mass is 773 g/mol. The Kier molecular flexibility index (Phi) is 37.2. The van der Waals surface area contributed by atoms with Crippen molar-refractivity contribution < 1.29 is 47.8 Å². The van der Waals surface area contributed by atoms with E-state index in [0.29, 0.717) is 19.3 Å². The van der Waals surface area contributed by atoms with Crippen LogP contribution in [-0.4, -0.2) is 65.7 Å². The first-order valence-corrected chi connectivity index (χ1v) is 22.4. The highest BCUT2D eigenvalue weighted by molar-refractivity contribution is 7.47. The van der Waals surface area contributed by atoms with Crippen LogP contribution in [0, 0.1) is 0 Å². The number of aliphatic hydroxyl groups is 2. The summed E-state index contributed by atoms with van der Waals surface area (Å²) in [6.45, 7) is 2.31. The van der Waals surface area contributed by atoms with Gasteiger partial charge in [0, 0.05) is 12.8 Å². The van der Waals surface area contributed by atoms with Crippen LogP contribution in [0.25, 0.3) is 0 Å². The van der Waals surface area contributed by atoms with Gasteiger partial charge < -0.3 is 24.6 Å². The van der Waals surface area contributed by atoms with Gasteiger partial charge in [-0.3, -0.25) is 18.6 Å². The maximum absolute atomic E-state index is 12.6. The summed E-state index contributed by atoms with van der Waals surface area (Å²) < 4.78 is 32.6. The second kappa shape index (κ2) is 38.5. The van der Waals surface area contributed by atoms with Crippen molar-refractivity contribution in [2.45, 2.75) is 193 Å². The van der Waals surface area contributed by atoms with Crippen LogP contribution >= 0.6 is 7.82 Å². The van der Waals surface area contributed by atoms with Crippen molar-refractivity contribution in [2.75, 3.05) is 26.4 Å². The molecule has 11 heteroatoms. The highest BCUT2D eigenvalue weighted by Crippen LogP contribution is 2.43. The predicted molar refractivity (Wildman–Crippen MR) is 214 cm³/mol. The molecule has 3 N–H and O–H groups in total. The maximum Gasteiger partial charge on any atom is 0.472 e. The van der Waals surface area contributed by atoms with E-state index in [4.69, 9.17) is 19.1 Å². The van der Waals surface area contributed by atoms with Crippen LogP contribution in [0.3, 0.4) is 0 Å². The van der Waals surface area contributed by atoms with E-state index in [0.717, 1.165) is 38.5 Å². The Morgan fingerprint density at radius 2 is 1.00 bits per heavy atom. The Labute approximate surface area is 322 Å². The largest absolute Gasteiger partial charge is 0.472 e. The molecule has 0 aliphatic carbocycles. The molecule has 3 atom stereocenters. The second-order valence-corrected chi connectivity index (χ2v) is 15.5. The summed E-state index contributed by atoms with van der Waals surface area (Å²) in [5.74, 6) is -0.983. The van der Waals surface area contributed by atoms with Crippen molar-refractivity contribution in [3.63, 3.8) is 0 Å². The van der Waals surface area contributed by atoms with Gasteiger partial charge in [0.05, 0.1) is 19.8 Å². The zero-order valence-electron chi connectivity index (χ0n) is 33.5. The first kappa shape index (κ1) is 51.2. The lowest BCUT2D eigenvalue weighted by atomic mass is 10.0. The summed E-state index contributed by atoms with van der Waals surface area (Å²) in [5.41, 5.74) is 0. The molecule has 0 aromatic heterocycles. The number of aliphatic hydroxyl groups excluding tert-OH is 2. The molecule has 0 saturated carbocycles. The predicted octanol–water partition coefficient (Wildman–Crippen LogP) is 10.8. The maximum atomic E-state index is 12.6. The van der Waals surface area contributed by atoms with Crippen molar-refractivity contribution in [3.05, 3.63) is 36.5 Å². The lowest BCUT2D eigenvalue weighted by Crippen LogP contribution is -2.29. The Balaban J connectivity index is 4.40. The number of hydrogen-bond donors (Lipinski definition) is 3. The number of phosphoric acid groups is 1. The molecule has 0 fully saturated rings. The minimum Gasteiger partial charge on any atom is -0.462 e. The first-order valence-electron chi connectivity index (χ1n) is 20.9. The molecule has 1 unspecified atom stereocenters. The minimum atomic E-state index is -4.63. The van der Waals surface area contributed by atoms with Gasteiger partial charge in [0.2, 0.25) is 0 Å². The van der Waals surface area contributed by atoms with Crippen LogP contribution in [0.4, 0.5) is 0 Å². The van der Waals surface area contributed by atoms with Crippen molar-refractivity contribution in [3.8, 4) is 0 Å². The quantitative estimate of drug-likeness (QED) is 0.0238. The third kappa shape index (κ3) is 38.3. The van der Waals surface area contributed by atoms with Gasteiger partial charge in [0.15, 0.2) is 6.10 Å². The number of unbranched alkanes of at least 4 members (excludes halogenated alkanes) is 19. The van der Waals surface area contributed by atoms with Gasteiger partial charge in [-0.15, -0.1) is 0 Å². The molecule has 10 nitrogen and oxygen atoms in total. The van der Waals surface area contributed by atoms with E-state index in [-0.39, 0.29) is 19.4 Å². The van der Waals surface area contributed by atoms with Gasteiger partial charge in [-0.25, -0.2) is 4.57 Å². The first-order chi connectivity index (χ1) is 25.7. The summed E-state index contributed by atoms with van der Waals surface area (Å²) in [7, 11) is -4.63. The van der Waals surface area contributed by atoms with Crippen molar-refractivity contribution in [1.29, 1.82) is 0 Å². The van der Waals surface area contributed by atoms with Crippen molar-refractivity contribution in [1.82, 2.24) is 0 Å². The standard InChI is InChI=1S/C42H77O10P/c1-3-5-7-9-11-13-15-17-18-19-20-22-24-26-28-30-32-34-42(46)52-40(38-51-53(47,48)50-36-39(44)35-43)37-49-41(45)33-31-29-27-25-23-21-16-14-12-10-8-6-4-2/h17-18,20,22,26,28,39-40,43-44H,3-16,19,21,23-25,27,29-38H2,1-2H3,(H,47,48)/b18-17+,22-20+,28-26+/t39-,40+/m0/s1. The molecule has 0 radical (unpaired) electrons. The Hall–Kier alpha value is -1.81. The van der Waals surface area contributed by atoms with Crippen LogP contribution < -0.4 is 0 Å². The van der Waals surface area contributed by atoms with Gasteiger partial charge >= 0.3 is 19.8 Å². The molecule has 0 spiro atoms. The minimum absolute atomic E-state index is 0.114. The van der Waals surface area contributed by atoms with Crippen LogP contribution in [-0.2, 0) is 32.7 Å². The highest BCUT2D eigenvalue weighted by Gasteiger charge is 2.27. The van der Waals surface area contributed by atoms with E-state index in [1.54, 1.807) is 0 Å². The molecular weight excluding hydrogens is 695 g/mol. The summed E-state index contributed by atoms with van der Waals surface area (Å²) >= 11 is 0.